The average molecular weight is 228 g/mol. The normalized spacial score (nSPS) is 21.1. The van der Waals surface area contributed by atoms with Gasteiger partial charge in [-0.05, 0) is 42.5 Å². The molecular weight excluding hydrogens is 216 g/mol. The summed E-state index contributed by atoms with van der Waals surface area (Å²) in [7, 11) is -4.11. The first-order valence-electron chi connectivity index (χ1n) is 4.74. The molecule has 0 saturated carbocycles. The Morgan fingerprint density at radius 2 is 2.00 bits per heavy atom. The van der Waals surface area contributed by atoms with Crippen molar-refractivity contribution in [2.45, 2.75) is 30.3 Å². The molecule has 0 saturated heterocycles. The molecule has 0 amide bonds. The van der Waals surface area contributed by atoms with E-state index in [9.17, 15) is 13.5 Å². The molecule has 0 heterocycles. The Labute approximate surface area is 88.3 Å². The molecular formula is C10H12O4S. The number of fused-ring (bicyclic) bond motifs is 1. The van der Waals surface area contributed by atoms with Crippen molar-refractivity contribution in [3.63, 3.8) is 0 Å². The van der Waals surface area contributed by atoms with Crippen molar-refractivity contribution in [2.24, 2.45) is 0 Å². The van der Waals surface area contributed by atoms with E-state index < -0.39 is 10.1 Å². The van der Waals surface area contributed by atoms with Crippen molar-refractivity contribution >= 4 is 10.1 Å². The molecule has 0 fully saturated rings. The third-order valence-electron chi connectivity index (χ3n) is 2.68. The molecule has 5 heteroatoms. The Morgan fingerprint density at radius 3 is 2.67 bits per heavy atom. The first kappa shape index (κ1) is 10.6. The van der Waals surface area contributed by atoms with Crippen LogP contribution >= 0.6 is 0 Å². The Hall–Kier alpha value is -0.910. The maximum atomic E-state index is 10.9. The lowest BCUT2D eigenvalue weighted by atomic mass is 9.90. The molecule has 0 radical (unpaired) electrons. The Bertz CT molecular complexity index is 478. The molecule has 2 N–H and O–H groups in total. The summed E-state index contributed by atoms with van der Waals surface area (Å²) < 4.78 is 30.6. The van der Waals surface area contributed by atoms with Crippen LogP contribution < -0.4 is 0 Å². The van der Waals surface area contributed by atoms with E-state index >= 15 is 0 Å². The minimum absolute atomic E-state index is 0.0716. The fourth-order valence-corrected chi connectivity index (χ4v) is 2.40. The van der Waals surface area contributed by atoms with Crippen molar-refractivity contribution in [3.8, 4) is 0 Å². The summed E-state index contributed by atoms with van der Waals surface area (Å²) in [6, 6.07) is 4.50. The third kappa shape index (κ3) is 2.19. The van der Waals surface area contributed by atoms with Gasteiger partial charge in [0.1, 0.15) is 0 Å². The van der Waals surface area contributed by atoms with Gasteiger partial charge < -0.3 is 5.11 Å². The molecule has 0 aromatic heterocycles. The molecule has 1 atom stereocenters. The Kier molecular flexibility index (Phi) is 2.54. The molecule has 0 spiro atoms. The molecule has 1 unspecified atom stereocenters. The highest BCUT2D eigenvalue weighted by Gasteiger charge is 2.19. The SMILES string of the molecule is O=S(=O)(O)c1ccc2c(c1)CCC(O)C2. The monoisotopic (exact) mass is 228 g/mol. The maximum absolute atomic E-state index is 10.9. The van der Waals surface area contributed by atoms with Crippen LogP contribution in [0.1, 0.15) is 17.5 Å². The maximum Gasteiger partial charge on any atom is 0.294 e. The zero-order valence-electron chi connectivity index (χ0n) is 8.05. The molecule has 1 aliphatic carbocycles. The van der Waals surface area contributed by atoms with E-state index in [1.807, 2.05) is 0 Å². The van der Waals surface area contributed by atoms with Crippen LogP contribution in [0.5, 0.6) is 0 Å². The minimum Gasteiger partial charge on any atom is -0.393 e. The Morgan fingerprint density at radius 1 is 1.27 bits per heavy atom. The van der Waals surface area contributed by atoms with Gasteiger partial charge in [-0.2, -0.15) is 8.42 Å². The number of benzene rings is 1. The van der Waals surface area contributed by atoms with E-state index in [4.69, 9.17) is 4.55 Å². The van der Waals surface area contributed by atoms with Gasteiger partial charge >= 0.3 is 0 Å². The van der Waals surface area contributed by atoms with Gasteiger partial charge in [-0.3, -0.25) is 4.55 Å². The summed E-state index contributed by atoms with van der Waals surface area (Å²) in [5.41, 5.74) is 1.86. The first-order chi connectivity index (χ1) is 6.97. The molecule has 1 aromatic rings. The van der Waals surface area contributed by atoms with Gasteiger partial charge in [-0.1, -0.05) is 6.07 Å². The van der Waals surface area contributed by atoms with E-state index in [1.54, 1.807) is 6.07 Å². The van der Waals surface area contributed by atoms with E-state index in [1.165, 1.54) is 12.1 Å². The Balaban J connectivity index is 2.44. The number of aliphatic hydroxyl groups excluding tert-OH is 1. The second kappa shape index (κ2) is 3.59. The van der Waals surface area contributed by atoms with Crippen molar-refractivity contribution < 1.29 is 18.1 Å². The van der Waals surface area contributed by atoms with Gasteiger partial charge in [-0.15, -0.1) is 0 Å². The fraction of sp³-hybridized carbons (Fsp3) is 0.400. The molecule has 1 aromatic carbocycles. The molecule has 4 nitrogen and oxygen atoms in total. The molecule has 1 aliphatic rings. The summed E-state index contributed by atoms with van der Waals surface area (Å²) in [6.45, 7) is 0. The van der Waals surface area contributed by atoms with E-state index in [2.05, 4.69) is 0 Å². The highest BCUT2D eigenvalue weighted by Crippen LogP contribution is 2.24. The van der Waals surface area contributed by atoms with Crippen LogP contribution in [0.15, 0.2) is 23.1 Å². The average Bonchev–Trinajstić information content (AvgIpc) is 2.15. The summed E-state index contributed by atoms with van der Waals surface area (Å²) in [4.78, 5) is -0.0716. The molecule has 0 bridgehead atoms. The van der Waals surface area contributed by atoms with Gasteiger partial charge in [0.15, 0.2) is 0 Å². The van der Waals surface area contributed by atoms with E-state index in [0.29, 0.717) is 19.3 Å². The van der Waals surface area contributed by atoms with Crippen molar-refractivity contribution in [3.05, 3.63) is 29.3 Å². The second-order valence-electron chi connectivity index (χ2n) is 3.80. The lowest BCUT2D eigenvalue weighted by Gasteiger charge is -2.20. The van der Waals surface area contributed by atoms with Crippen LogP contribution in [0.4, 0.5) is 0 Å². The van der Waals surface area contributed by atoms with Crippen LogP contribution in [0.25, 0.3) is 0 Å². The molecule has 15 heavy (non-hydrogen) atoms. The predicted octanol–water partition coefficient (Wildman–Crippen LogP) is 0.783. The highest BCUT2D eigenvalue weighted by atomic mass is 32.2. The van der Waals surface area contributed by atoms with Crippen LogP contribution in [0.2, 0.25) is 0 Å². The summed E-state index contributed by atoms with van der Waals surface area (Å²) in [5.74, 6) is 0. The van der Waals surface area contributed by atoms with Gasteiger partial charge in [0, 0.05) is 0 Å². The summed E-state index contributed by atoms with van der Waals surface area (Å²) >= 11 is 0. The molecule has 0 aliphatic heterocycles. The fourth-order valence-electron chi connectivity index (χ4n) is 1.87. The van der Waals surface area contributed by atoms with Gasteiger partial charge in [0.05, 0.1) is 11.0 Å². The summed E-state index contributed by atoms with van der Waals surface area (Å²) in [5, 5.41) is 9.42. The first-order valence-corrected chi connectivity index (χ1v) is 6.18. The van der Waals surface area contributed by atoms with Crippen LogP contribution in [-0.2, 0) is 23.0 Å². The quantitative estimate of drug-likeness (QED) is 0.697. The third-order valence-corrected chi connectivity index (χ3v) is 3.53. The predicted molar refractivity (Wildman–Crippen MR) is 54.3 cm³/mol. The van der Waals surface area contributed by atoms with Crippen LogP contribution in [0.3, 0.4) is 0 Å². The molecule has 2 rings (SSSR count). The zero-order chi connectivity index (χ0) is 11.1. The topological polar surface area (TPSA) is 74.6 Å². The van der Waals surface area contributed by atoms with Crippen molar-refractivity contribution in [2.75, 3.05) is 0 Å². The molecule has 82 valence electrons. The van der Waals surface area contributed by atoms with Gasteiger partial charge in [-0.25, -0.2) is 0 Å². The standard InChI is InChI=1S/C10H12O4S/c11-9-3-1-8-6-10(15(12,13)14)4-2-7(8)5-9/h2,4,6,9,11H,1,3,5H2,(H,12,13,14). The zero-order valence-corrected chi connectivity index (χ0v) is 8.87. The van der Waals surface area contributed by atoms with Gasteiger partial charge in [0.2, 0.25) is 0 Å². The van der Waals surface area contributed by atoms with Crippen molar-refractivity contribution in [1.29, 1.82) is 0 Å². The van der Waals surface area contributed by atoms with Crippen LogP contribution in [-0.4, -0.2) is 24.2 Å². The van der Waals surface area contributed by atoms with Crippen LogP contribution in [0, 0.1) is 0 Å². The number of hydrogen-bond acceptors (Lipinski definition) is 3. The minimum atomic E-state index is -4.11. The number of aliphatic hydroxyl groups is 1. The summed E-state index contributed by atoms with van der Waals surface area (Å²) in [6.07, 6.45) is 1.51. The van der Waals surface area contributed by atoms with E-state index in [-0.39, 0.29) is 11.0 Å². The number of aryl methyl sites for hydroxylation is 1. The second-order valence-corrected chi connectivity index (χ2v) is 5.22. The lowest BCUT2D eigenvalue weighted by Crippen LogP contribution is -2.18. The van der Waals surface area contributed by atoms with E-state index in [0.717, 1.165) is 11.1 Å². The van der Waals surface area contributed by atoms with Crippen molar-refractivity contribution in [1.82, 2.24) is 0 Å². The number of hydrogen-bond donors (Lipinski definition) is 2. The highest BCUT2D eigenvalue weighted by molar-refractivity contribution is 7.85. The lowest BCUT2D eigenvalue weighted by molar-refractivity contribution is 0.158. The van der Waals surface area contributed by atoms with Gasteiger partial charge in [0.25, 0.3) is 10.1 Å². The number of rotatable bonds is 1. The largest absolute Gasteiger partial charge is 0.393 e. The smallest absolute Gasteiger partial charge is 0.294 e.